The molecule has 2 N–H and O–H groups in total. The summed E-state index contributed by atoms with van der Waals surface area (Å²) in [5.41, 5.74) is 2.92. The average Bonchev–Trinajstić information content (AvgIpc) is 2.89. The first-order chi connectivity index (χ1) is 10.0. The lowest BCUT2D eigenvalue weighted by Crippen LogP contribution is -2.30. The number of aryl methyl sites for hydroxylation is 2. The van der Waals surface area contributed by atoms with Crippen LogP contribution in [0.1, 0.15) is 37.8 Å². The zero-order valence-corrected chi connectivity index (χ0v) is 13.7. The summed E-state index contributed by atoms with van der Waals surface area (Å²) in [6, 6.07) is 6.56. The minimum Gasteiger partial charge on any atom is -0.393 e. The Morgan fingerprint density at radius 2 is 2.10 bits per heavy atom. The van der Waals surface area contributed by atoms with Crippen LogP contribution in [0.2, 0.25) is 0 Å². The Hall–Kier alpha value is -1.00. The molecular formula is C17H25NO2S. The topological polar surface area (TPSA) is 49.3 Å². The zero-order valence-electron chi connectivity index (χ0n) is 12.9. The maximum absolute atomic E-state index is 11.8. The maximum atomic E-state index is 11.8. The minimum atomic E-state index is -0.308. The van der Waals surface area contributed by atoms with Crippen molar-refractivity contribution >= 4 is 17.7 Å². The second-order valence-electron chi connectivity index (χ2n) is 6.07. The predicted molar refractivity (Wildman–Crippen MR) is 87.7 cm³/mol. The van der Waals surface area contributed by atoms with Crippen molar-refractivity contribution in [3.63, 3.8) is 0 Å². The van der Waals surface area contributed by atoms with Crippen LogP contribution in [0.25, 0.3) is 0 Å². The SMILES string of the molecule is CC(O)CC(C)CNC(=O)CSc1ccc2c(c1)CCC2. The molecule has 116 valence electrons. The van der Waals surface area contributed by atoms with Crippen LogP contribution in [-0.2, 0) is 17.6 Å². The van der Waals surface area contributed by atoms with Crippen LogP contribution in [0.15, 0.2) is 23.1 Å². The van der Waals surface area contributed by atoms with Crippen molar-refractivity contribution < 1.29 is 9.90 Å². The van der Waals surface area contributed by atoms with E-state index in [0.29, 0.717) is 18.2 Å². The summed E-state index contributed by atoms with van der Waals surface area (Å²) in [7, 11) is 0. The van der Waals surface area contributed by atoms with Gasteiger partial charge in [0.2, 0.25) is 5.91 Å². The highest BCUT2D eigenvalue weighted by Gasteiger charge is 2.12. The average molecular weight is 307 g/mol. The summed E-state index contributed by atoms with van der Waals surface area (Å²) in [4.78, 5) is 13.0. The van der Waals surface area contributed by atoms with Gasteiger partial charge in [-0.3, -0.25) is 4.79 Å². The van der Waals surface area contributed by atoms with Gasteiger partial charge in [-0.05, 0) is 61.8 Å². The molecule has 0 radical (unpaired) electrons. The Bertz CT molecular complexity index is 488. The molecule has 0 fully saturated rings. The van der Waals surface area contributed by atoms with E-state index in [0.717, 1.165) is 6.42 Å². The minimum absolute atomic E-state index is 0.0675. The lowest BCUT2D eigenvalue weighted by Gasteiger charge is -2.14. The maximum Gasteiger partial charge on any atom is 0.230 e. The van der Waals surface area contributed by atoms with Gasteiger partial charge in [0.15, 0.2) is 0 Å². The molecule has 0 aromatic heterocycles. The van der Waals surface area contributed by atoms with Crippen LogP contribution >= 0.6 is 11.8 Å². The van der Waals surface area contributed by atoms with E-state index < -0.39 is 0 Å². The standard InChI is InChI=1S/C17H25NO2S/c1-12(8-13(2)19)10-18-17(20)11-21-16-7-6-14-4-3-5-15(14)9-16/h6-7,9,12-13,19H,3-5,8,10-11H2,1-2H3,(H,18,20). The van der Waals surface area contributed by atoms with Crippen molar-refractivity contribution in [3.8, 4) is 0 Å². The molecule has 0 heterocycles. The Kier molecular flexibility index (Phi) is 6.12. The molecule has 2 unspecified atom stereocenters. The number of hydrogen-bond donors (Lipinski definition) is 2. The van der Waals surface area contributed by atoms with Gasteiger partial charge < -0.3 is 10.4 Å². The van der Waals surface area contributed by atoms with Gasteiger partial charge >= 0.3 is 0 Å². The number of fused-ring (bicyclic) bond motifs is 1. The quantitative estimate of drug-likeness (QED) is 0.762. The van der Waals surface area contributed by atoms with Crippen LogP contribution in [0, 0.1) is 5.92 Å². The van der Waals surface area contributed by atoms with Crippen molar-refractivity contribution in [2.24, 2.45) is 5.92 Å². The summed E-state index contributed by atoms with van der Waals surface area (Å²) in [5, 5.41) is 12.2. The molecule has 0 spiro atoms. The van der Waals surface area contributed by atoms with Gasteiger partial charge in [-0.2, -0.15) is 0 Å². The smallest absolute Gasteiger partial charge is 0.230 e. The third-order valence-corrected chi connectivity index (χ3v) is 4.82. The van der Waals surface area contributed by atoms with Crippen molar-refractivity contribution in [2.45, 2.75) is 50.5 Å². The van der Waals surface area contributed by atoms with E-state index in [1.807, 2.05) is 6.92 Å². The molecule has 1 aliphatic rings. The first kappa shape index (κ1) is 16.4. The molecule has 0 saturated heterocycles. The highest BCUT2D eigenvalue weighted by atomic mass is 32.2. The Morgan fingerprint density at radius 3 is 2.86 bits per heavy atom. The molecule has 0 saturated carbocycles. The molecule has 1 aromatic carbocycles. The second kappa shape index (κ2) is 7.85. The predicted octanol–water partition coefficient (Wildman–Crippen LogP) is 2.79. The van der Waals surface area contributed by atoms with Crippen LogP contribution in [-0.4, -0.2) is 29.4 Å². The van der Waals surface area contributed by atoms with E-state index in [1.165, 1.54) is 35.3 Å². The number of nitrogens with one attached hydrogen (secondary N) is 1. The lowest BCUT2D eigenvalue weighted by atomic mass is 10.1. The number of aliphatic hydroxyl groups excluding tert-OH is 1. The van der Waals surface area contributed by atoms with Crippen LogP contribution in [0.5, 0.6) is 0 Å². The molecule has 1 aromatic rings. The Morgan fingerprint density at radius 1 is 1.33 bits per heavy atom. The lowest BCUT2D eigenvalue weighted by molar-refractivity contribution is -0.118. The van der Waals surface area contributed by atoms with Crippen LogP contribution < -0.4 is 5.32 Å². The fraction of sp³-hybridized carbons (Fsp3) is 0.588. The number of carbonyl (C=O) groups excluding carboxylic acids is 1. The van der Waals surface area contributed by atoms with Gasteiger partial charge in [-0.1, -0.05) is 13.0 Å². The summed E-state index contributed by atoms with van der Waals surface area (Å²) in [5.74, 6) is 0.831. The van der Waals surface area contributed by atoms with Crippen molar-refractivity contribution in [1.82, 2.24) is 5.32 Å². The number of amides is 1. The van der Waals surface area contributed by atoms with E-state index in [2.05, 4.69) is 23.5 Å². The molecular weight excluding hydrogens is 282 g/mol. The number of benzene rings is 1. The highest BCUT2D eigenvalue weighted by molar-refractivity contribution is 8.00. The van der Waals surface area contributed by atoms with Crippen molar-refractivity contribution in [3.05, 3.63) is 29.3 Å². The third kappa shape index (κ3) is 5.36. The highest BCUT2D eigenvalue weighted by Crippen LogP contribution is 2.27. The van der Waals surface area contributed by atoms with E-state index >= 15 is 0 Å². The zero-order chi connectivity index (χ0) is 15.2. The molecule has 0 aliphatic heterocycles. The Labute approximate surface area is 131 Å². The monoisotopic (exact) mass is 307 g/mol. The molecule has 2 rings (SSSR count). The van der Waals surface area contributed by atoms with Gasteiger partial charge in [0.25, 0.3) is 0 Å². The summed E-state index contributed by atoms with van der Waals surface area (Å²) in [6.45, 7) is 4.46. The van der Waals surface area contributed by atoms with E-state index in [4.69, 9.17) is 0 Å². The molecule has 4 heteroatoms. The second-order valence-corrected chi connectivity index (χ2v) is 7.12. The van der Waals surface area contributed by atoms with Gasteiger partial charge in [-0.25, -0.2) is 0 Å². The van der Waals surface area contributed by atoms with E-state index in [1.54, 1.807) is 18.7 Å². The Balaban J connectivity index is 1.71. The fourth-order valence-corrected chi connectivity index (χ4v) is 3.58. The molecule has 1 amide bonds. The largest absolute Gasteiger partial charge is 0.393 e. The van der Waals surface area contributed by atoms with Gasteiger partial charge in [0.1, 0.15) is 0 Å². The number of carbonyl (C=O) groups is 1. The summed E-state index contributed by atoms with van der Waals surface area (Å²) < 4.78 is 0. The molecule has 1 aliphatic carbocycles. The number of aliphatic hydroxyl groups is 1. The van der Waals surface area contributed by atoms with Crippen molar-refractivity contribution in [2.75, 3.05) is 12.3 Å². The number of rotatable bonds is 7. The molecule has 2 atom stereocenters. The normalized spacial score (nSPS) is 16.3. The number of thioether (sulfide) groups is 1. The summed E-state index contributed by atoms with van der Waals surface area (Å²) in [6.07, 6.45) is 4.04. The summed E-state index contributed by atoms with van der Waals surface area (Å²) >= 11 is 1.60. The van der Waals surface area contributed by atoms with Gasteiger partial charge in [0.05, 0.1) is 11.9 Å². The first-order valence-electron chi connectivity index (χ1n) is 7.74. The third-order valence-electron chi connectivity index (χ3n) is 3.83. The van der Waals surface area contributed by atoms with E-state index in [9.17, 15) is 9.90 Å². The fourth-order valence-electron chi connectivity index (χ4n) is 2.79. The van der Waals surface area contributed by atoms with Crippen molar-refractivity contribution in [1.29, 1.82) is 0 Å². The van der Waals surface area contributed by atoms with Gasteiger partial charge in [-0.15, -0.1) is 11.8 Å². The molecule has 21 heavy (non-hydrogen) atoms. The number of hydrogen-bond acceptors (Lipinski definition) is 3. The van der Waals surface area contributed by atoms with E-state index in [-0.39, 0.29) is 12.0 Å². The van der Waals surface area contributed by atoms with Crippen LogP contribution in [0.3, 0.4) is 0 Å². The molecule has 3 nitrogen and oxygen atoms in total. The molecule has 0 bridgehead atoms. The van der Waals surface area contributed by atoms with Gasteiger partial charge in [0, 0.05) is 11.4 Å². The first-order valence-corrected chi connectivity index (χ1v) is 8.72. The van der Waals surface area contributed by atoms with Crippen LogP contribution in [0.4, 0.5) is 0 Å².